The standard InChI is InChI=1S/C10H9F3S/c1-8(7-14-10(11,12)13)9-5-3-2-4-6-9/h2-6H,1,7H2. The molecule has 0 unspecified atom stereocenters. The van der Waals surface area contributed by atoms with Crippen molar-refractivity contribution < 1.29 is 13.2 Å². The van der Waals surface area contributed by atoms with Crippen LogP contribution in [0.15, 0.2) is 36.9 Å². The number of rotatable bonds is 3. The Morgan fingerprint density at radius 1 is 1.21 bits per heavy atom. The van der Waals surface area contributed by atoms with Crippen LogP contribution in [0.1, 0.15) is 5.56 Å². The van der Waals surface area contributed by atoms with Gasteiger partial charge in [0.05, 0.1) is 0 Å². The molecular formula is C10H9F3S. The third kappa shape index (κ3) is 3.87. The summed E-state index contributed by atoms with van der Waals surface area (Å²) in [6, 6.07) is 8.86. The normalized spacial score (nSPS) is 11.4. The summed E-state index contributed by atoms with van der Waals surface area (Å²) >= 11 is -0.0630. The van der Waals surface area contributed by atoms with Crippen molar-refractivity contribution in [2.75, 3.05) is 5.75 Å². The molecule has 0 nitrogen and oxygen atoms in total. The minimum absolute atomic E-state index is 0.0630. The van der Waals surface area contributed by atoms with Gasteiger partial charge < -0.3 is 0 Å². The molecule has 0 atom stereocenters. The summed E-state index contributed by atoms with van der Waals surface area (Å²) in [4.78, 5) is 0. The average molecular weight is 218 g/mol. The van der Waals surface area contributed by atoms with E-state index in [-0.39, 0.29) is 17.5 Å². The molecule has 0 aliphatic heterocycles. The zero-order chi connectivity index (χ0) is 10.6. The fourth-order valence-electron chi connectivity index (χ4n) is 0.926. The van der Waals surface area contributed by atoms with E-state index in [2.05, 4.69) is 6.58 Å². The summed E-state index contributed by atoms with van der Waals surface area (Å²) in [5.74, 6) is -0.118. The fraction of sp³-hybridized carbons (Fsp3) is 0.200. The zero-order valence-electron chi connectivity index (χ0n) is 7.34. The van der Waals surface area contributed by atoms with Crippen molar-refractivity contribution in [1.29, 1.82) is 0 Å². The van der Waals surface area contributed by atoms with Crippen LogP contribution in [0.4, 0.5) is 13.2 Å². The first kappa shape index (κ1) is 11.2. The Morgan fingerprint density at radius 2 is 1.79 bits per heavy atom. The highest BCUT2D eigenvalue weighted by Gasteiger charge is 2.28. The molecule has 0 saturated heterocycles. The van der Waals surface area contributed by atoms with Gasteiger partial charge in [-0.3, -0.25) is 0 Å². The van der Waals surface area contributed by atoms with E-state index >= 15 is 0 Å². The Kier molecular flexibility index (Phi) is 3.63. The molecule has 0 radical (unpaired) electrons. The first-order valence-corrected chi connectivity index (χ1v) is 4.91. The average Bonchev–Trinajstić information content (AvgIpc) is 2.14. The molecular weight excluding hydrogens is 209 g/mol. The van der Waals surface area contributed by atoms with Crippen LogP contribution in [0, 0.1) is 0 Å². The van der Waals surface area contributed by atoms with Gasteiger partial charge in [-0.15, -0.1) is 0 Å². The maximum Gasteiger partial charge on any atom is 0.442 e. The van der Waals surface area contributed by atoms with Gasteiger partial charge in [-0.05, 0) is 22.9 Å². The summed E-state index contributed by atoms with van der Waals surface area (Å²) < 4.78 is 35.6. The summed E-state index contributed by atoms with van der Waals surface area (Å²) in [5, 5.41) is 0. The highest BCUT2D eigenvalue weighted by molar-refractivity contribution is 8.00. The smallest absolute Gasteiger partial charge is 0.160 e. The Balaban J connectivity index is 2.52. The summed E-state index contributed by atoms with van der Waals surface area (Å²) in [7, 11) is 0. The highest BCUT2D eigenvalue weighted by Crippen LogP contribution is 2.33. The largest absolute Gasteiger partial charge is 0.442 e. The van der Waals surface area contributed by atoms with Crippen LogP contribution in [0.5, 0.6) is 0 Å². The number of benzene rings is 1. The maximum absolute atomic E-state index is 11.9. The second-order valence-electron chi connectivity index (χ2n) is 2.70. The van der Waals surface area contributed by atoms with Crippen LogP contribution in [0.2, 0.25) is 0 Å². The molecule has 0 amide bonds. The quantitative estimate of drug-likeness (QED) is 0.740. The molecule has 0 saturated carbocycles. The lowest BCUT2D eigenvalue weighted by Gasteiger charge is -2.07. The van der Waals surface area contributed by atoms with E-state index in [1.165, 1.54) is 0 Å². The molecule has 14 heavy (non-hydrogen) atoms. The van der Waals surface area contributed by atoms with E-state index in [1.807, 2.05) is 6.07 Å². The van der Waals surface area contributed by atoms with Crippen LogP contribution >= 0.6 is 11.8 Å². The van der Waals surface area contributed by atoms with Crippen molar-refractivity contribution in [2.24, 2.45) is 0 Å². The van der Waals surface area contributed by atoms with Crippen molar-refractivity contribution in [3.8, 4) is 0 Å². The highest BCUT2D eigenvalue weighted by atomic mass is 32.2. The lowest BCUT2D eigenvalue weighted by molar-refractivity contribution is -0.0325. The van der Waals surface area contributed by atoms with Gasteiger partial charge in [-0.25, -0.2) is 0 Å². The Morgan fingerprint density at radius 3 is 2.29 bits per heavy atom. The molecule has 0 heterocycles. The number of thioether (sulfide) groups is 1. The maximum atomic E-state index is 11.9. The Labute approximate surface area is 84.8 Å². The zero-order valence-corrected chi connectivity index (χ0v) is 8.16. The third-order valence-electron chi connectivity index (χ3n) is 1.59. The lowest BCUT2D eigenvalue weighted by atomic mass is 10.1. The van der Waals surface area contributed by atoms with Gasteiger partial charge >= 0.3 is 5.51 Å². The monoisotopic (exact) mass is 218 g/mol. The second kappa shape index (κ2) is 4.55. The van der Waals surface area contributed by atoms with Crippen LogP contribution < -0.4 is 0 Å². The Bertz CT molecular complexity index is 303. The first-order chi connectivity index (χ1) is 6.49. The molecule has 1 aromatic rings. The van der Waals surface area contributed by atoms with Crippen LogP contribution in [-0.4, -0.2) is 11.3 Å². The van der Waals surface area contributed by atoms with Crippen LogP contribution in [0.3, 0.4) is 0 Å². The van der Waals surface area contributed by atoms with Gasteiger partial charge in [-0.2, -0.15) is 13.2 Å². The van der Waals surface area contributed by atoms with E-state index in [1.54, 1.807) is 24.3 Å². The Hall–Kier alpha value is -0.900. The molecule has 1 aromatic carbocycles. The van der Waals surface area contributed by atoms with Gasteiger partial charge in [0.2, 0.25) is 0 Å². The van der Waals surface area contributed by atoms with Crippen molar-refractivity contribution in [3.05, 3.63) is 42.5 Å². The van der Waals surface area contributed by atoms with Gasteiger partial charge in [-0.1, -0.05) is 36.9 Å². The molecule has 0 aliphatic rings. The predicted octanol–water partition coefficient (Wildman–Crippen LogP) is 3.95. The third-order valence-corrected chi connectivity index (χ3v) is 2.41. The molecule has 0 N–H and O–H groups in total. The molecule has 0 aliphatic carbocycles. The molecule has 1 rings (SSSR count). The number of hydrogen-bond donors (Lipinski definition) is 0. The number of alkyl halides is 3. The SMILES string of the molecule is C=C(CSC(F)(F)F)c1ccccc1. The van der Waals surface area contributed by atoms with E-state index < -0.39 is 5.51 Å². The van der Waals surface area contributed by atoms with E-state index in [4.69, 9.17) is 0 Å². The molecule has 0 bridgehead atoms. The van der Waals surface area contributed by atoms with E-state index in [9.17, 15) is 13.2 Å². The second-order valence-corrected chi connectivity index (χ2v) is 3.74. The predicted molar refractivity (Wildman–Crippen MR) is 54.0 cm³/mol. The first-order valence-electron chi connectivity index (χ1n) is 3.93. The molecule has 4 heteroatoms. The lowest BCUT2D eigenvalue weighted by Crippen LogP contribution is -2.02. The summed E-state index contributed by atoms with van der Waals surface area (Å²) in [6.45, 7) is 3.61. The molecule has 0 spiro atoms. The minimum atomic E-state index is -4.18. The van der Waals surface area contributed by atoms with E-state index in [0.717, 1.165) is 5.56 Å². The summed E-state index contributed by atoms with van der Waals surface area (Å²) in [5.41, 5.74) is -2.94. The fourth-order valence-corrected chi connectivity index (χ4v) is 1.43. The topological polar surface area (TPSA) is 0 Å². The van der Waals surface area contributed by atoms with Crippen molar-refractivity contribution in [3.63, 3.8) is 0 Å². The number of hydrogen-bond acceptors (Lipinski definition) is 1. The van der Waals surface area contributed by atoms with Gasteiger partial charge in [0, 0.05) is 5.75 Å². The van der Waals surface area contributed by atoms with Crippen molar-refractivity contribution in [1.82, 2.24) is 0 Å². The van der Waals surface area contributed by atoms with E-state index in [0.29, 0.717) is 5.57 Å². The van der Waals surface area contributed by atoms with Crippen LogP contribution in [-0.2, 0) is 0 Å². The van der Waals surface area contributed by atoms with Crippen molar-refractivity contribution in [2.45, 2.75) is 5.51 Å². The molecule has 0 fully saturated rings. The van der Waals surface area contributed by atoms with Gasteiger partial charge in [0.15, 0.2) is 0 Å². The summed E-state index contributed by atoms with van der Waals surface area (Å²) in [6.07, 6.45) is 0. The minimum Gasteiger partial charge on any atom is -0.160 e. The van der Waals surface area contributed by atoms with Gasteiger partial charge in [0.25, 0.3) is 0 Å². The molecule has 76 valence electrons. The number of halogens is 3. The van der Waals surface area contributed by atoms with Crippen molar-refractivity contribution >= 4 is 17.3 Å². The van der Waals surface area contributed by atoms with Gasteiger partial charge in [0.1, 0.15) is 0 Å². The van der Waals surface area contributed by atoms with Crippen LogP contribution in [0.25, 0.3) is 5.57 Å². The molecule has 0 aromatic heterocycles.